The van der Waals surface area contributed by atoms with Crippen LogP contribution >= 0.6 is 0 Å². The highest BCUT2D eigenvalue weighted by atomic mass is 32.2. The van der Waals surface area contributed by atoms with Crippen LogP contribution in [0.25, 0.3) is 0 Å². The van der Waals surface area contributed by atoms with Crippen LogP contribution < -0.4 is 0 Å². The number of rotatable bonds is 5. The Hall–Kier alpha value is -1.19. The van der Waals surface area contributed by atoms with Crippen molar-refractivity contribution in [2.75, 3.05) is 46.8 Å². The Labute approximate surface area is 119 Å². The van der Waals surface area contributed by atoms with Gasteiger partial charge in [-0.25, -0.2) is 8.42 Å². The van der Waals surface area contributed by atoms with Crippen molar-refractivity contribution in [1.82, 2.24) is 14.1 Å². The summed E-state index contributed by atoms with van der Waals surface area (Å²) in [6.45, 7) is 2.67. The van der Waals surface area contributed by atoms with Gasteiger partial charge in [0.2, 0.25) is 15.9 Å². The van der Waals surface area contributed by atoms with Gasteiger partial charge in [-0.2, -0.15) is 4.31 Å². The number of carbonyl (C=O) groups excluding carboxylic acids is 1. The number of aliphatic carboxylic acids is 1. The monoisotopic (exact) mass is 307 g/mol. The summed E-state index contributed by atoms with van der Waals surface area (Å²) in [6, 6.07) is 0. The van der Waals surface area contributed by atoms with Gasteiger partial charge >= 0.3 is 5.97 Å². The summed E-state index contributed by atoms with van der Waals surface area (Å²) in [7, 11) is -0.489. The van der Waals surface area contributed by atoms with Gasteiger partial charge < -0.3 is 10.0 Å². The third kappa shape index (κ3) is 3.90. The lowest BCUT2D eigenvalue weighted by atomic mass is 10.3. The van der Waals surface area contributed by atoms with E-state index >= 15 is 0 Å². The van der Waals surface area contributed by atoms with Gasteiger partial charge in [0.1, 0.15) is 0 Å². The molecule has 1 unspecified atom stereocenters. The molecule has 116 valence electrons. The van der Waals surface area contributed by atoms with E-state index in [0.29, 0.717) is 13.1 Å². The number of hydrogen-bond acceptors (Lipinski definition) is 5. The fourth-order valence-corrected chi connectivity index (χ4v) is 3.20. The number of piperazine rings is 1. The summed E-state index contributed by atoms with van der Waals surface area (Å²) in [4.78, 5) is 25.7. The summed E-state index contributed by atoms with van der Waals surface area (Å²) in [5.74, 6) is -1.39. The maximum absolute atomic E-state index is 12.0. The molecule has 1 aliphatic rings. The largest absolute Gasteiger partial charge is 0.480 e. The lowest BCUT2D eigenvalue weighted by Crippen LogP contribution is -2.53. The Kier molecular flexibility index (Phi) is 5.49. The Balaban J connectivity index is 2.58. The molecule has 0 saturated carbocycles. The fraction of sp³-hybridized carbons (Fsp3) is 0.818. The van der Waals surface area contributed by atoms with Crippen LogP contribution in [0.3, 0.4) is 0 Å². The van der Waals surface area contributed by atoms with Crippen LogP contribution in [-0.4, -0.2) is 91.6 Å². The van der Waals surface area contributed by atoms with Crippen molar-refractivity contribution >= 4 is 21.9 Å². The van der Waals surface area contributed by atoms with Crippen molar-refractivity contribution in [3.05, 3.63) is 0 Å². The average Bonchev–Trinajstić information content (AvgIpc) is 2.38. The number of sulfonamides is 1. The number of likely N-dealkylation sites (N-methyl/N-ethyl adjacent to an activating group) is 1. The first kappa shape index (κ1) is 16.9. The molecule has 0 spiro atoms. The van der Waals surface area contributed by atoms with E-state index in [1.807, 2.05) is 4.90 Å². The quantitative estimate of drug-likeness (QED) is 0.663. The Morgan fingerprint density at radius 3 is 2.10 bits per heavy atom. The maximum atomic E-state index is 12.0. The predicted octanol–water partition coefficient (Wildman–Crippen LogP) is -1.50. The van der Waals surface area contributed by atoms with Crippen LogP contribution in [-0.2, 0) is 19.6 Å². The summed E-state index contributed by atoms with van der Waals surface area (Å²) in [6.07, 6.45) is 0. The number of nitrogens with zero attached hydrogens (tertiary/aromatic N) is 3. The van der Waals surface area contributed by atoms with Crippen LogP contribution in [0.4, 0.5) is 0 Å². The highest BCUT2D eigenvalue weighted by molar-refractivity contribution is 7.90. The number of carboxylic acids is 1. The summed E-state index contributed by atoms with van der Waals surface area (Å²) < 4.78 is 25.2. The molecule has 0 aromatic heterocycles. The molecule has 20 heavy (non-hydrogen) atoms. The first-order valence-electron chi connectivity index (χ1n) is 6.30. The van der Waals surface area contributed by atoms with E-state index in [-0.39, 0.29) is 25.5 Å². The SMILES string of the molecule is CC(C(=O)O)S(=O)(=O)N1CCN(CC(=O)N(C)C)CC1. The molecule has 1 fully saturated rings. The van der Waals surface area contributed by atoms with E-state index in [1.165, 1.54) is 16.1 Å². The molecule has 0 aliphatic carbocycles. The molecule has 1 N–H and O–H groups in total. The zero-order chi connectivity index (χ0) is 15.5. The zero-order valence-corrected chi connectivity index (χ0v) is 12.8. The fourth-order valence-electron chi connectivity index (χ4n) is 1.83. The van der Waals surface area contributed by atoms with Crippen molar-refractivity contribution in [1.29, 1.82) is 0 Å². The molecular weight excluding hydrogens is 286 g/mol. The maximum Gasteiger partial charge on any atom is 0.323 e. The predicted molar refractivity (Wildman–Crippen MR) is 72.7 cm³/mol. The Bertz CT molecular complexity index is 468. The van der Waals surface area contributed by atoms with E-state index in [0.717, 1.165) is 0 Å². The summed E-state index contributed by atoms with van der Waals surface area (Å²) >= 11 is 0. The molecule has 0 bridgehead atoms. The molecule has 1 saturated heterocycles. The minimum atomic E-state index is -3.82. The molecule has 1 atom stereocenters. The number of amides is 1. The van der Waals surface area contributed by atoms with Gasteiger partial charge in [-0.15, -0.1) is 0 Å². The van der Waals surface area contributed by atoms with Crippen molar-refractivity contribution in [3.63, 3.8) is 0 Å². The summed E-state index contributed by atoms with van der Waals surface area (Å²) in [5.41, 5.74) is 0. The zero-order valence-electron chi connectivity index (χ0n) is 11.9. The van der Waals surface area contributed by atoms with Crippen LogP contribution in [0.15, 0.2) is 0 Å². The van der Waals surface area contributed by atoms with Crippen LogP contribution in [0.1, 0.15) is 6.92 Å². The molecular formula is C11H21N3O5S. The van der Waals surface area contributed by atoms with Crippen LogP contribution in [0.5, 0.6) is 0 Å². The molecule has 1 aliphatic heterocycles. The highest BCUT2D eigenvalue weighted by Crippen LogP contribution is 2.13. The molecule has 0 aromatic carbocycles. The Morgan fingerprint density at radius 2 is 1.70 bits per heavy atom. The topological polar surface area (TPSA) is 98.2 Å². The van der Waals surface area contributed by atoms with Gasteiger partial charge in [-0.1, -0.05) is 0 Å². The van der Waals surface area contributed by atoms with Crippen molar-refractivity contribution in [2.45, 2.75) is 12.2 Å². The third-order valence-electron chi connectivity index (χ3n) is 3.34. The normalized spacial score (nSPS) is 19.6. The molecule has 1 amide bonds. The van der Waals surface area contributed by atoms with Crippen LogP contribution in [0.2, 0.25) is 0 Å². The van der Waals surface area contributed by atoms with Gasteiger partial charge in [0.25, 0.3) is 0 Å². The van der Waals surface area contributed by atoms with Gasteiger partial charge in [0.15, 0.2) is 5.25 Å². The van der Waals surface area contributed by atoms with Gasteiger partial charge in [0.05, 0.1) is 6.54 Å². The standard InChI is InChI=1S/C11H21N3O5S/c1-9(11(16)17)20(18,19)14-6-4-13(5-7-14)8-10(15)12(2)3/h9H,4-8H2,1-3H3,(H,16,17). The second kappa shape index (κ2) is 6.51. The molecule has 0 aromatic rings. The van der Waals surface area contributed by atoms with Crippen molar-refractivity contribution in [3.8, 4) is 0 Å². The molecule has 1 heterocycles. The van der Waals surface area contributed by atoms with E-state index in [2.05, 4.69) is 0 Å². The minimum absolute atomic E-state index is 0.0415. The van der Waals surface area contributed by atoms with Crippen LogP contribution in [0, 0.1) is 0 Å². The smallest absolute Gasteiger partial charge is 0.323 e. The molecule has 0 radical (unpaired) electrons. The number of carbonyl (C=O) groups is 2. The van der Waals surface area contributed by atoms with Gasteiger partial charge in [-0.3, -0.25) is 14.5 Å². The molecule has 8 nitrogen and oxygen atoms in total. The lowest BCUT2D eigenvalue weighted by molar-refractivity contribution is -0.136. The van der Waals surface area contributed by atoms with Crippen molar-refractivity contribution in [2.24, 2.45) is 0 Å². The van der Waals surface area contributed by atoms with Gasteiger partial charge in [-0.05, 0) is 6.92 Å². The van der Waals surface area contributed by atoms with E-state index in [1.54, 1.807) is 14.1 Å². The minimum Gasteiger partial charge on any atom is -0.480 e. The molecule has 1 rings (SSSR count). The summed E-state index contributed by atoms with van der Waals surface area (Å²) in [5, 5.41) is 7.37. The van der Waals surface area contributed by atoms with Crippen molar-refractivity contribution < 1.29 is 23.1 Å². The second-order valence-electron chi connectivity index (χ2n) is 4.99. The third-order valence-corrected chi connectivity index (χ3v) is 5.52. The highest BCUT2D eigenvalue weighted by Gasteiger charge is 2.35. The average molecular weight is 307 g/mol. The van der Waals surface area contributed by atoms with E-state index in [9.17, 15) is 18.0 Å². The first-order valence-corrected chi connectivity index (χ1v) is 7.81. The second-order valence-corrected chi connectivity index (χ2v) is 7.24. The lowest BCUT2D eigenvalue weighted by Gasteiger charge is -2.34. The number of hydrogen-bond donors (Lipinski definition) is 1. The number of carboxylic acid groups (broad SMARTS) is 1. The first-order chi connectivity index (χ1) is 9.16. The molecule has 9 heteroatoms. The Morgan fingerprint density at radius 1 is 1.20 bits per heavy atom. The van der Waals surface area contributed by atoms with Gasteiger partial charge in [0, 0.05) is 40.3 Å². The van der Waals surface area contributed by atoms with E-state index < -0.39 is 21.2 Å². The van der Waals surface area contributed by atoms with E-state index in [4.69, 9.17) is 5.11 Å².